The van der Waals surface area contributed by atoms with Crippen molar-refractivity contribution in [3.8, 4) is 0 Å². The van der Waals surface area contributed by atoms with Crippen LogP contribution in [0.25, 0.3) is 5.57 Å². The predicted octanol–water partition coefficient (Wildman–Crippen LogP) is 3.92. The van der Waals surface area contributed by atoms with E-state index in [0.29, 0.717) is 16.6 Å². The molecule has 1 amide bonds. The average molecular weight is 272 g/mol. The summed E-state index contributed by atoms with van der Waals surface area (Å²) in [4.78, 5) is 17.4. The second kappa shape index (κ2) is 5.80. The Morgan fingerprint density at radius 2 is 2.00 bits per heavy atom. The summed E-state index contributed by atoms with van der Waals surface area (Å²) in [6, 6.07) is 9.40. The van der Waals surface area contributed by atoms with Crippen LogP contribution in [0.15, 0.2) is 43.1 Å². The standard InChI is InChI=1S/C15H16N2OS/c1-10(2)13-9-16-15(19-13)17-14(18)11(3)12-7-5-4-6-8-12/h4-10H,3H2,1-2H3,(H,16,17,18). The van der Waals surface area contributed by atoms with Crippen molar-refractivity contribution < 1.29 is 4.79 Å². The number of benzene rings is 1. The third-order valence-electron chi connectivity index (χ3n) is 2.71. The number of hydrogen-bond donors (Lipinski definition) is 1. The van der Waals surface area contributed by atoms with Crippen LogP contribution in [0.2, 0.25) is 0 Å². The largest absolute Gasteiger partial charge is 0.298 e. The smallest absolute Gasteiger partial charge is 0.257 e. The van der Waals surface area contributed by atoms with Gasteiger partial charge in [-0.1, -0.05) is 50.8 Å². The molecule has 1 N–H and O–H groups in total. The topological polar surface area (TPSA) is 42.0 Å². The molecule has 0 radical (unpaired) electrons. The van der Waals surface area contributed by atoms with Crippen LogP contribution in [-0.2, 0) is 4.79 Å². The maximum Gasteiger partial charge on any atom is 0.257 e. The van der Waals surface area contributed by atoms with E-state index in [9.17, 15) is 4.79 Å². The molecule has 2 rings (SSSR count). The van der Waals surface area contributed by atoms with Gasteiger partial charge in [0.2, 0.25) is 0 Å². The van der Waals surface area contributed by atoms with Gasteiger partial charge < -0.3 is 0 Å². The molecule has 0 aliphatic heterocycles. The summed E-state index contributed by atoms with van der Waals surface area (Å²) in [6.45, 7) is 8.03. The molecule has 0 saturated heterocycles. The van der Waals surface area contributed by atoms with Crippen LogP contribution in [0.1, 0.15) is 30.2 Å². The number of aromatic nitrogens is 1. The summed E-state index contributed by atoms with van der Waals surface area (Å²) in [7, 11) is 0. The monoisotopic (exact) mass is 272 g/mol. The maximum atomic E-state index is 12.0. The van der Waals surface area contributed by atoms with E-state index in [1.807, 2.05) is 30.3 Å². The molecule has 0 atom stereocenters. The highest BCUT2D eigenvalue weighted by molar-refractivity contribution is 7.15. The van der Waals surface area contributed by atoms with Gasteiger partial charge in [0.25, 0.3) is 5.91 Å². The van der Waals surface area contributed by atoms with Crippen molar-refractivity contribution in [2.24, 2.45) is 0 Å². The number of hydrogen-bond acceptors (Lipinski definition) is 3. The van der Waals surface area contributed by atoms with Crippen LogP contribution in [0.3, 0.4) is 0 Å². The Bertz CT molecular complexity index is 587. The van der Waals surface area contributed by atoms with Crippen molar-refractivity contribution in [2.45, 2.75) is 19.8 Å². The first kappa shape index (κ1) is 13.5. The quantitative estimate of drug-likeness (QED) is 0.857. The molecule has 2 aromatic rings. The van der Waals surface area contributed by atoms with E-state index >= 15 is 0 Å². The lowest BCUT2D eigenvalue weighted by Crippen LogP contribution is -2.12. The minimum absolute atomic E-state index is 0.212. The lowest BCUT2D eigenvalue weighted by Gasteiger charge is -2.05. The minimum atomic E-state index is -0.212. The first-order valence-corrected chi connectivity index (χ1v) is 6.91. The maximum absolute atomic E-state index is 12.0. The summed E-state index contributed by atoms with van der Waals surface area (Å²) in [5.74, 6) is 0.205. The Morgan fingerprint density at radius 1 is 1.32 bits per heavy atom. The SMILES string of the molecule is C=C(C(=O)Nc1ncc(C(C)C)s1)c1ccccc1. The highest BCUT2D eigenvalue weighted by Crippen LogP contribution is 2.26. The summed E-state index contributed by atoms with van der Waals surface area (Å²) in [6.07, 6.45) is 1.80. The van der Waals surface area contributed by atoms with Crippen molar-refractivity contribution in [3.05, 3.63) is 53.5 Å². The van der Waals surface area contributed by atoms with Gasteiger partial charge >= 0.3 is 0 Å². The Labute approximate surface area is 117 Å². The fraction of sp³-hybridized carbons (Fsp3) is 0.200. The van der Waals surface area contributed by atoms with Crippen molar-refractivity contribution >= 4 is 27.9 Å². The molecule has 0 aliphatic carbocycles. The molecule has 19 heavy (non-hydrogen) atoms. The molecule has 3 nitrogen and oxygen atoms in total. The lowest BCUT2D eigenvalue weighted by atomic mass is 10.1. The van der Waals surface area contributed by atoms with E-state index in [-0.39, 0.29) is 5.91 Å². The van der Waals surface area contributed by atoms with Crippen LogP contribution < -0.4 is 5.32 Å². The summed E-state index contributed by atoms with van der Waals surface area (Å²) < 4.78 is 0. The second-order valence-electron chi connectivity index (χ2n) is 4.52. The molecule has 1 heterocycles. The lowest BCUT2D eigenvalue weighted by molar-refractivity contribution is -0.111. The molecule has 1 aromatic carbocycles. The van der Waals surface area contributed by atoms with Gasteiger partial charge in [0, 0.05) is 16.6 Å². The number of amides is 1. The van der Waals surface area contributed by atoms with E-state index in [1.54, 1.807) is 6.20 Å². The fourth-order valence-electron chi connectivity index (χ4n) is 1.55. The fourth-order valence-corrected chi connectivity index (χ4v) is 2.37. The third kappa shape index (κ3) is 3.29. The number of thiazole rings is 1. The molecule has 0 unspecified atom stereocenters. The Hall–Kier alpha value is -1.94. The zero-order chi connectivity index (χ0) is 13.8. The Morgan fingerprint density at radius 3 is 2.58 bits per heavy atom. The van der Waals surface area contributed by atoms with Gasteiger partial charge in [-0.05, 0) is 11.5 Å². The highest BCUT2D eigenvalue weighted by atomic mass is 32.1. The zero-order valence-corrected chi connectivity index (χ0v) is 11.8. The van der Waals surface area contributed by atoms with Gasteiger partial charge in [0.15, 0.2) is 5.13 Å². The normalized spacial score (nSPS) is 10.5. The van der Waals surface area contributed by atoms with E-state index in [0.717, 1.165) is 10.4 Å². The summed E-state index contributed by atoms with van der Waals surface area (Å²) >= 11 is 1.50. The van der Waals surface area contributed by atoms with E-state index in [4.69, 9.17) is 0 Å². The van der Waals surface area contributed by atoms with E-state index in [1.165, 1.54) is 11.3 Å². The zero-order valence-electron chi connectivity index (χ0n) is 11.0. The molecular weight excluding hydrogens is 256 g/mol. The van der Waals surface area contributed by atoms with Gasteiger partial charge in [0.05, 0.1) is 0 Å². The van der Waals surface area contributed by atoms with Crippen LogP contribution >= 0.6 is 11.3 Å². The molecule has 0 spiro atoms. The van der Waals surface area contributed by atoms with Crippen LogP contribution in [0, 0.1) is 0 Å². The summed E-state index contributed by atoms with van der Waals surface area (Å²) in [5.41, 5.74) is 1.27. The third-order valence-corrected chi connectivity index (χ3v) is 3.92. The molecule has 0 aliphatic rings. The van der Waals surface area contributed by atoms with Gasteiger partial charge in [-0.25, -0.2) is 4.98 Å². The number of carbonyl (C=O) groups excluding carboxylic acids is 1. The Kier molecular flexibility index (Phi) is 4.12. The molecule has 0 fully saturated rings. The van der Waals surface area contributed by atoms with Gasteiger partial charge in [-0.15, -0.1) is 11.3 Å². The van der Waals surface area contributed by atoms with Gasteiger partial charge in [0.1, 0.15) is 0 Å². The first-order valence-electron chi connectivity index (χ1n) is 6.09. The van der Waals surface area contributed by atoms with E-state index in [2.05, 4.69) is 30.7 Å². The van der Waals surface area contributed by atoms with Crippen LogP contribution in [-0.4, -0.2) is 10.9 Å². The van der Waals surface area contributed by atoms with Crippen LogP contribution in [0.5, 0.6) is 0 Å². The van der Waals surface area contributed by atoms with Crippen molar-refractivity contribution in [1.82, 2.24) is 4.98 Å². The highest BCUT2D eigenvalue weighted by Gasteiger charge is 2.12. The number of rotatable bonds is 4. The molecule has 4 heteroatoms. The number of nitrogens with zero attached hydrogens (tertiary/aromatic N) is 1. The first-order chi connectivity index (χ1) is 9.08. The molecule has 98 valence electrons. The van der Waals surface area contributed by atoms with Crippen molar-refractivity contribution in [3.63, 3.8) is 0 Å². The molecular formula is C15H16N2OS. The van der Waals surface area contributed by atoms with Crippen molar-refractivity contribution in [2.75, 3.05) is 5.32 Å². The summed E-state index contributed by atoms with van der Waals surface area (Å²) in [5, 5.41) is 3.40. The van der Waals surface area contributed by atoms with Crippen LogP contribution in [0.4, 0.5) is 5.13 Å². The minimum Gasteiger partial charge on any atom is -0.298 e. The van der Waals surface area contributed by atoms with Gasteiger partial charge in [-0.2, -0.15) is 0 Å². The molecule has 0 saturated carbocycles. The van der Waals surface area contributed by atoms with Crippen molar-refractivity contribution in [1.29, 1.82) is 0 Å². The number of carbonyl (C=O) groups is 1. The predicted molar refractivity (Wildman–Crippen MR) is 80.3 cm³/mol. The molecule has 1 aromatic heterocycles. The average Bonchev–Trinajstić information content (AvgIpc) is 2.87. The Balaban J connectivity index is 2.06. The van der Waals surface area contributed by atoms with Gasteiger partial charge in [-0.3, -0.25) is 10.1 Å². The number of anilines is 1. The number of nitrogens with one attached hydrogen (secondary N) is 1. The van der Waals surface area contributed by atoms with E-state index < -0.39 is 0 Å². The molecule has 0 bridgehead atoms. The second-order valence-corrected chi connectivity index (χ2v) is 5.58.